The monoisotopic (exact) mass is 342 g/mol. The molecule has 0 amide bonds. The van der Waals surface area contributed by atoms with E-state index in [1.165, 1.54) is 0 Å². The molecule has 0 saturated carbocycles. The first-order chi connectivity index (χ1) is 10.2. The molecule has 2 aromatic carbocycles. The maximum Gasteiger partial charge on any atom is 0.305 e. The van der Waals surface area contributed by atoms with Crippen LogP contribution in [0.2, 0.25) is 0 Å². The van der Waals surface area contributed by atoms with Gasteiger partial charge in [0, 0.05) is 23.5 Å². The minimum atomic E-state index is -0.178. The normalized spacial score (nSPS) is 9.14. The van der Waals surface area contributed by atoms with Crippen molar-refractivity contribution in [2.24, 2.45) is 0 Å². The molecule has 0 aliphatic rings. The average molecular weight is 342 g/mol. The summed E-state index contributed by atoms with van der Waals surface area (Å²) in [6.45, 7) is 2.21. The molecule has 0 N–H and O–H groups in total. The predicted molar refractivity (Wildman–Crippen MR) is 83.5 cm³/mol. The van der Waals surface area contributed by atoms with Gasteiger partial charge in [-0.2, -0.15) is 30.3 Å². The van der Waals surface area contributed by atoms with Crippen molar-refractivity contribution in [3.05, 3.63) is 60.2 Å². The van der Waals surface area contributed by atoms with E-state index < -0.39 is 0 Å². The standard InChI is InChI=1S/C13H17O3.C5H5.Fe/c1-2-16-13(15)10-6-5-9-12(14)11-7-3-4-8-11;1-2-4-5-3-1;/h3-4,7-8H,2,5-6,9-10H2,1H3;1-5H;/q2*-1;. The SMILES string of the molecule is CCOC(=O)CCCCC(=O)[c-]1cccc1.[Fe].c1cc[cH-]c1. The van der Waals surface area contributed by atoms with Crippen LogP contribution in [-0.4, -0.2) is 18.4 Å². The molecule has 0 heterocycles. The Labute approximate surface area is 142 Å². The van der Waals surface area contributed by atoms with Gasteiger partial charge in [0.25, 0.3) is 0 Å². The summed E-state index contributed by atoms with van der Waals surface area (Å²) in [5.74, 6) is -0.0304. The number of ketones is 1. The van der Waals surface area contributed by atoms with E-state index in [2.05, 4.69) is 0 Å². The van der Waals surface area contributed by atoms with E-state index in [4.69, 9.17) is 4.74 Å². The Balaban J connectivity index is 0.000000622. The number of hydrogen-bond donors (Lipinski definition) is 0. The van der Waals surface area contributed by atoms with Crippen LogP contribution in [0.3, 0.4) is 0 Å². The minimum Gasteiger partial charge on any atom is -0.466 e. The summed E-state index contributed by atoms with van der Waals surface area (Å²) in [4.78, 5) is 22.6. The maximum atomic E-state index is 11.6. The van der Waals surface area contributed by atoms with Gasteiger partial charge in [-0.1, -0.05) is 5.56 Å². The second-order valence-electron chi connectivity index (χ2n) is 4.57. The summed E-state index contributed by atoms with van der Waals surface area (Å²) >= 11 is 0. The largest absolute Gasteiger partial charge is 0.466 e. The maximum absolute atomic E-state index is 11.6. The van der Waals surface area contributed by atoms with Crippen LogP contribution in [0.15, 0.2) is 54.6 Å². The van der Waals surface area contributed by atoms with Crippen LogP contribution in [0.5, 0.6) is 0 Å². The van der Waals surface area contributed by atoms with E-state index in [9.17, 15) is 9.59 Å². The van der Waals surface area contributed by atoms with Crippen molar-refractivity contribution in [1.82, 2.24) is 0 Å². The molecule has 0 saturated heterocycles. The Kier molecular flexibility index (Phi) is 12.1. The Bertz CT molecular complexity index is 469. The molecule has 4 heteroatoms. The first-order valence-electron chi connectivity index (χ1n) is 7.31. The quantitative estimate of drug-likeness (QED) is 0.250. The summed E-state index contributed by atoms with van der Waals surface area (Å²) in [6.07, 6.45) is 2.36. The fraction of sp³-hybridized carbons (Fsp3) is 0.333. The van der Waals surface area contributed by atoms with Crippen molar-refractivity contribution in [2.75, 3.05) is 6.61 Å². The molecule has 0 radical (unpaired) electrons. The van der Waals surface area contributed by atoms with Crippen LogP contribution in [0, 0.1) is 0 Å². The molecule has 2 aromatic rings. The molecule has 0 bridgehead atoms. The van der Waals surface area contributed by atoms with Gasteiger partial charge >= 0.3 is 5.97 Å². The fourth-order valence-electron chi connectivity index (χ4n) is 1.81. The van der Waals surface area contributed by atoms with E-state index in [1.807, 2.05) is 54.6 Å². The molecule has 0 aliphatic heterocycles. The third kappa shape index (κ3) is 9.32. The Morgan fingerprint density at radius 1 is 1.00 bits per heavy atom. The second-order valence-corrected chi connectivity index (χ2v) is 4.57. The Morgan fingerprint density at radius 2 is 1.59 bits per heavy atom. The molecule has 0 spiro atoms. The third-order valence-electron chi connectivity index (χ3n) is 2.88. The van der Waals surface area contributed by atoms with Gasteiger partial charge in [0.2, 0.25) is 0 Å². The van der Waals surface area contributed by atoms with Crippen LogP contribution < -0.4 is 0 Å². The van der Waals surface area contributed by atoms with Gasteiger partial charge in [-0.25, -0.2) is 24.3 Å². The number of carbonyl (C=O) groups is 2. The molecule has 3 nitrogen and oxygen atoms in total. The number of carbonyl (C=O) groups excluding carboxylic acids is 2. The zero-order chi connectivity index (χ0) is 15.3. The Hall–Kier alpha value is -1.64. The molecule has 0 aromatic heterocycles. The van der Waals surface area contributed by atoms with Crippen LogP contribution in [0.25, 0.3) is 0 Å². The van der Waals surface area contributed by atoms with Crippen LogP contribution in [0.4, 0.5) is 0 Å². The van der Waals surface area contributed by atoms with Gasteiger partial charge in [-0.3, -0.25) is 4.79 Å². The van der Waals surface area contributed by atoms with Gasteiger partial charge in [0.15, 0.2) is 0 Å². The van der Waals surface area contributed by atoms with Gasteiger partial charge in [0.05, 0.1) is 6.61 Å². The van der Waals surface area contributed by atoms with Crippen LogP contribution in [-0.2, 0) is 26.6 Å². The summed E-state index contributed by atoms with van der Waals surface area (Å²) < 4.78 is 4.80. The van der Waals surface area contributed by atoms with Crippen molar-refractivity contribution >= 4 is 11.8 Å². The Morgan fingerprint density at radius 3 is 2.09 bits per heavy atom. The summed E-state index contributed by atoms with van der Waals surface area (Å²) in [5, 5.41) is 0. The summed E-state index contributed by atoms with van der Waals surface area (Å²) in [5.41, 5.74) is 0.760. The molecule has 0 unspecified atom stereocenters. The number of Topliss-reactive ketones (excluding diaryl/α,β-unsaturated/α-hetero) is 1. The topological polar surface area (TPSA) is 43.4 Å². The molecule has 22 heavy (non-hydrogen) atoms. The molecule has 0 fully saturated rings. The zero-order valence-electron chi connectivity index (χ0n) is 12.8. The van der Waals surface area contributed by atoms with E-state index in [-0.39, 0.29) is 28.8 Å². The van der Waals surface area contributed by atoms with Gasteiger partial charge < -0.3 is 9.53 Å². The first kappa shape index (κ1) is 20.4. The molecule has 122 valence electrons. The number of ether oxygens (including phenoxy) is 1. The molecular formula is C18H22FeO3-2. The first-order valence-corrected chi connectivity index (χ1v) is 7.31. The van der Waals surface area contributed by atoms with Gasteiger partial charge in [0.1, 0.15) is 5.78 Å². The summed E-state index contributed by atoms with van der Waals surface area (Å²) in [7, 11) is 0. The second kappa shape index (κ2) is 13.1. The molecular weight excluding hydrogens is 320 g/mol. The van der Waals surface area contributed by atoms with Gasteiger partial charge in [-0.05, 0) is 26.2 Å². The molecule has 0 aliphatic carbocycles. The average Bonchev–Trinajstić information content (AvgIpc) is 3.18. The smallest absolute Gasteiger partial charge is 0.305 e. The van der Waals surface area contributed by atoms with Crippen molar-refractivity contribution in [2.45, 2.75) is 32.6 Å². The fourth-order valence-corrected chi connectivity index (χ4v) is 1.81. The summed E-state index contributed by atoms with van der Waals surface area (Å²) in [6, 6.07) is 17.3. The van der Waals surface area contributed by atoms with Crippen molar-refractivity contribution < 1.29 is 31.4 Å². The predicted octanol–water partition coefficient (Wildman–Crippen LogP) is 4.11. The van der Waals surface area contributed by atoms with E-state index in [1.54, 1.807) is 6.92 Å². The number of unbranched alkanes of at least 4 members (excludes halogenated alkanes) is 1. The zero-order valence-corrected chi connectivity index (χ0v) is 13.9. The van der Waals surface area contributed by atoms with Crippen LogP contribution in [0.1, 0.15) is 43.0 Å². The van der Waals surface area contributed by atoms with Crippen molar-refractivity contribution in [1.29, 1.82) is 0 Å². The number of rotatable bonds is 7. The van der Waals surface area contributed by atoms with E-state index in [0.29, 0.717) is 25.9 Å². The van der Waals surface area contributed by atoms with Crippen molar-refractivity contribution in [3.63, 3.8) is 0 Å². The molecule has 0 atom stereocenters. The van der Waals surface area contributed by atoms with Gasteiger partial charge in [-0.15, -0.1) is 0 Å². The molecule has 2 rings (SSSR count). The van der Waals surface area contributed by atoms with Crippen LogP contribution >= 0.6 is 0 Å². The number of esters is 1. The van der Waals surface area contributed by atoms with Crippen molar-refractivity contribution in [3.8, 4) is 0 Å². The van der Waals surface area contributed by atoms with E-state index in [0.717, 1.165) is 12.0 Å². The van der Waals surface area contributed by atoms with E-state index >= 15 is 0 Å². The number of hydrogen-bond acceptors (Lipinski definition) is 3. The minimum absolute atomic E-state index is 0. The third-order valence-corrected chi connectivity index (χ3v) is 2.88.